The van der Waals surface area contributed by atoms with Crippen molar-refractivity contribution in [1.29, 1.82) is 0 Å². The van der Waals surface area contributed by atoms with Gasteiger partial charge in [-0.1, -0.05) is 13.1 Å². The number of hydrogen-bond donors (Lipinski definition) is 0. The third-order valence-corrected chi connectivity index (χ3v) is 10.9. The van der Waals surface area contributed by atoms with Crippen LogP contribution in [0.15, 0.2) is 61.6 Å². The molecule has 0 N–H and O–H groups in total. The molecule has 3 aromatic heterocycles. The molecule has 0 unspecified atom stereocenters. The third kappa shape index (κ3) is 2.49. The van der Waals surface area contributed by atoms with Gasteiger partial charge in [-0.05, 0) is 23.4 Å². The highest BCUT2D eigenvalue weighted by molar-refractivity contribution is 7.00. The molecule has 2 aliphatic rings. The van der Waals surface area contributed by atoms with Crippen molar-refractivity contribution in [2.75, 3.05) is 38.0 Å². The quantitative estimate of drug-likeness (QED) is 0.291. The van der Waals surface area contributed by atoms with Crippen molar-refractivity contribution in [2.45, 2.75) is 18.6 Å². The minimum Gasteiger partial charge on any atom is -0.378 e. The predicted octanol–water partition coefficient (Wildman–Crippen LogP) is 1.64. The number of benzene rings is 1. The molecule has 34 heavy (non-hydrogen) atoms. The maximum atomic E-state index is 4.70. The van der Waals surface area contributed by atoms with E-state index in [2.05, 4.69) is 102 Å². The molecular formula is C26H28N7Si+. The fraction of sp³-hybridized carbons (Fsp3) is 0.269. The normalized spacial score (nSPS) is 15.8. The number of aromatic nitrogens is 5. The van der Waals surface area contributed by atoms with E-state index in [0.29, 0.717) is 0 Å². The van der Waals surface area contributed by atoms with Crippen LogP contribution < -0.4 is 24.9 Å². The average Bonchev–Trinajstić information content (AvgIpc) is 3.13. The number of hydrogen-bond acceptors (Lipinski definition) is 6. The second kappa shape index (κ2) is 6.93. The van der Waals surface area contributed by atoms with Crippen molar-refractivity contribution in [3.05, 3.63) is 78.3 Å². The fourth-order valence-corrected chi connectivity index (χ4v) is 8.79. The SMILES string of the molecule is CN(C)c1ccc2c(c1)[Si](C)(C)c1cc(N(C)C)cc[n+]1C21c2cncnc2-c2ncncc21. The van der Waals surface area contributed by atoms with E-state index >= 15 is 0 Å². The lowest BCUT2D eigenvalue weighted by Crippen LogP contribution is -2.80. The Bertz CT molecular complexity index is 1350. The summed E-state index contributed by atoms with van der Waals surface area (Å²) in [5, 5.41) is 2.77. The van der Waals surface area contributed by atoms with Crippen LogP contribution >= 0.6 is 0 Å². The molecule has 0 fully saturated rings. The van der Waals surface area contributed by atoms with E-state index in [1.807, 2.05) is 12.4 Å². The minimum absolute atomic E-state index is 0.615. The number of fused-ring (bicyclic) bond motifs is 9. The second-order valence-electron chi connectivity index (χ2n) is 10.1. The molecule has 4 heterocycles. The average molecular weight is 467 g/mol. The van der Waals surface area contributed by atoms with Crippen LogP contribution in [-0.4, -0.2) is 56.2 Å². The van der Waals surface area contributed by atoms with Gasteiger partial charge in [-0.2, -0.15) is 4.57 Å². The summed E-state index contributed by atoms with van der Waals surface area (Å²) in [6, 6.07) is 11.5. The van der Waals surface area contributed by atoms with Gasteiger partial charge in [-0.15, -0.1) is 0 Å². The number of anilines is 2. The monoisotopic (exact) mass is 466 g/mol. The summed E-state index contributed by atoms with van der Waals surface area (Å²) in [6.07, 6.45) is 9.39. The zero-order valence-electron chi connectivity index (χ0n) is 20.4. The van der Waals surface area contributed by atoms with Gasteiger partial charge in [0.15, 0.2) is 19.6 Å². The van der Waals surface area contributed by atoms with Gasteiger partial charge in [-0.3, -0.25) is 0 Å². The van der Waals surface area contributed by atoms with E-state index in [0.717, 1.165) is 22.5 Å². The maximum Gasteiger partial charge on any atom is 0.251 e. The molecule has 6 rings (SSSR count). The Labute approximate surface area is 200 Å². The first kappa shape index (κ1) is 20.9. The molecule has 170 valence electrons. The molecule has 0 saturated carbocycles. The van der Waals surface area contributed by atoms with Crippen molar-refractivity contribution >= 4 is 30.0 Å². The van der Waals surface area contributed by atoms with Crippen LogP contribution in [0, 0.1) is 0 Å². The minimum atomic E-state index is -2.09. The first-order valence-corrected chi connectivity index (χ1v) is 14.5. The molecule has 7 nitrogen and oxygen atoms in total. The molecule has 4 aromatic rings. The van der Waals surface area contributed by atoms with Gasteiger partial charge in [0.1, 0.15) is 24.0 Å². The number of rotatable bonds is 2. The van der Waals surface area contributed by atoms with Crippen LogP contribution in [0.1, 0.15) is 16.7 Å². The van der Waals surface area contributed by atoms with E-state index in [9.17, 15) is 0 Å². The predicted molar refractivity (Wildman–Crippen MR) is 137 cm³/mol. The Morgan fingerprint density at radius 3 is 1.94 bits per heavy atom. The van der Waals surface area contributed by atoms with Gasteiger partial charge in [0.25, 0.3) is 5.54 Å². The second-order valence-corrected chi connectivity index (χ2v) is 14.4. The molecule has 1 aromatic carbocycles. The van der Waals surface area contributed by atoms with Gasteiger partial charge in [0, 0.05) is 69.7 Å². The highest BCUT2D eigenvalue weighted by Gasteiger charge is 2.62. The molecule has 1 aliphatic heterocycles. The lowest BCUT2D eigenvalue weighted by Gasteiger charge is -2.39. The Morgan fingerprint density at radius 1 is 0.765 bits per heavy atom. The molecule has 0 saturated heterocycles. The summed E-state index contributed by atoms with van der Waals surface area (Å²) < 4.78 is 2.46. The fourth-order valence-electron chi connectivity index (χ4n) is 5.71. The van der Waals surface area contributed by atoms with Crippen molar-refractivity contribution in [1.82, 2.24) is 19.9 Å². The summed E-state index contributed by atoms with van der Waals surface area (Å²) >= 11 is 0. The smallest absolute Gasteiger partial charge is 0.251 e. The van der Waals surface area contributed by atoms with Gasteiger partial charge in [0.2, 0.25) is 0 Å². The molecule has 0 atom stereocenters. The van der Waals surface area contributed by atoms with Crippen molar-refractivity contribution in [3.8, 4) is 11.4 Å². The first-order valence-electron chi connectivity index (χ1n) is 11.5. The van der Waals surface area contributed by atoms with Crippen molar-refractivity contribution in [3.63, 3.8) is 0 Å². The Morgan fingerprint density at radius 2 is 1.35 bits per heavy atom. The third-order valence-electron chi connectivity index (χ3n) is 7.47. The Hall–Kier alpha value is -3.65. The van der Waals surface area contributed by atoms with Crippen LogP contribution in [0.4, 0.5) is 11.4 Å². The zero-order valence-corrected chi connectivity index (χ0v) is 21.4. The summed E-state index contributed by atoms with van der Waals surface area (Å²) in [5.74, 6) is 0. The molecule has 8 heteroatoms. The molecule has 1 spiro atoms. The van der Waals surface area contributed by atoms with E-state index in [1.54, 1.807) is 12.7 Å². The van der Waals surface area contributed by atoms with Gasteiger partial charge < -0.3 is 9.80 Å². The summed E-state index contributed by atoms with van der Waals surface area (Å²) in [5.41, 5.74) is 6.93. The topological polar surface area (TPSA) is 61.9 Å². The zero-order chi connectivity index (χ0) is 23.8. The summed E-state index contributed by atoms with van der Waals surface area (Å²) in [4.78, 5) is 22.7. The first-order chi connectivity index (χ1) is 16.3. The standard InChI is InChI=1S/C26H28N7Si/c1-31(2)17-7-8-19-22(11-17)34(5,6)23-12-18(32(3)4)9-10-33(23)26(19)20-13-27-15-29-24(20)25-21(26)14-28-16-30-25/h7-16H,1-6H3/q+1. The number of pyridine rings is 1. The lowest BCUT2D eigenvalue weighted by atomic mass is 9.81. The molecular weight excluding hydrogens is 438 g/mol. The maximum absolute atomic E-state index is 4.70. The van der Waals surface area contributed by atoms with Crippen molar-refractivity contribution < 1.29 is 4.57 Å². The van der Waals surface area contributed by atoms with E-state index in [1.165, 1.54) is 27.4 Å². The van der Waals surface area contributed by atoms with Gasteiger partial charge >= 0.3 is 0 Å². The van der Waals surface area contributed by atoms with E-state index in [-0.39, 0.29) is 0 Å². The van der Waals surface area contributed by atoms with Crippen LogP contribution in [0.3, 0.4) is 0 Å². The van der Waals surface area contributed by atoms with Crippen LogP contribution in [0.2, 0.25) is 13.1 Å². The molecule has 1 aliphatic carbocycles. The summed E-state index contributed by atoms with van der Waals surface area (Å²) in [6.45, 7) is 4.90. The number of nitrogens with zero attached hydrogens (tertiary/aromatic N) is 7. The van der Waals surface area contributed by atoms with E-state index in [4.69, 9.17) is 9.97 Å². The molecule has 0 radical (unpaired) electrons. The van der Waals surface area contributed by atoms with Crippen LogP contribution in [0.5, 0.6) is 0 Å². The Balaban J connectivity index is 1.82. The Kier molecular flexibility index (Phi) is 4.26. The van der Waals surface area contributed by atoms with Gasteiger partial charge in [-0.25, -0.2) is 19.9 Å². The largest absolute Gasteiger partial charge is 0.378 e. The highest BCUT2D eigenvalue weighted by Crippen LogP contribution is 2.49. The van der Waals surface area contributed by atoms with E-state index < -0.39 is 13.6 Å². The molecule has 0 amide bonds. The molecule has 0 bridgehead atoms. The highest BCUT2D eigenvalue weighted by atomic mass is 28.3. The van der Waals surface area contributed by atoms with Crippen molar-refractivity contribution in [2.24, 2.45) is 0 Å². The van der Waals surface area contributed by atoms with Crippen LogP contribution in [-0.2, 0) is 5.54 Å². The lowest BCUT2D eigenvalue weighted by molar-refractivity contribution is -0.718. The van der Waals surface area contributed by atoms with Crippen LogP contribution in [0.25, 0.3) is 11.4 Å². The summed E-state index contributed by atoms with van der Waals surface area (Å²) in [7, 11) is 6.30. The van der Waals surface area contributed by atoms with Gasteiger partial charge in [0.05, 0.1) is 11.1 Å².